The SMILES string of the molecule is CC(=O)Oc1ccc(Br)cc1C1=NN(C(C)=O)[C@H](c2cccc([N+](=O)[O-])c2)O1. The number of halogens is 1. The van der Waals surface area contributed by atoms with Gasteiger partial charge < -0.3 is 9.47 Å². The van der Waals surface area contributed by atoms with Crippen LogP contribution in [0.3, 0.4) is 0 Å². The summed E-state index contributed by atoms with van der Waals surface area (Å²) in [5.41, 5.74) is 0.594. The van der Waals surface area contributed by atoms with Crippen LogP contribution < -0.4 is 4.74 Å². The van der Waals surface area contributed by atoms with Crippen LogP contribution in [0.2, 0.25) is 0 Å². The molecule has 0 spiro atoms. The minimum Gasteiger partial charge on any atom is -0.446 e. The van der Waals surface area contributed by atoms with Gasteiger partial charge in [-0.1, -0.05) is 28.1 Å². The maximum absolute atomic E-state index is 12.1. The van der Waals surface area contributed by atoms with E-state index in [1.165, 1.54) is 32.0 Å². The smallest absolute Gasteiger partial charge is 0.308 e. The highest BCUT2D eigenvalue weighted by atomic mass is 79.9. The molecule has 144 valence electrons. The van der Waals surface area contributed by atoms with Crippen LogP contribution in [0.5, 0.6) is 5.75 Å². The molecule has 28 heavy (non-hydrogen) atoms. The second-order valence-corrected chi connectivity index (χ2v) is 6.74. The highest BCUT2D eigenvalue weighted by molar-refractivity contribution is 9.10. The van der Waals surface area contributed by atoms with Gasteiger partial charge in [-0.15, -0.1) is 5.10 Å². The highest BCUT2D eigenvalue weighted by Gasteiger charge is 2.35. The van der Waals surface area contributed by atoms with Gasteiger partial charge in [0, 0.05) is 36.0 Å². The van der Waals surface area contributed by atoms with Crippen molar-refractivity contribution in [2.45, 2.75) is 20.1 Å². The van der Waals surface area contributed by atoms with Crippen molar-refractivity contribution in [3.05, 3.63) is 68.2 Å². The maximum atomic E-state index is 12.1. The third-order valence-electron chi connectivity index (χ3n) is 3.76. The average molecular weight is 448 g/mol. The van der Waals surface area contributed by atoms with Crippen molar-refractivity contribution in [2.75, 3.05) is 0 Å². The van der Waals surface area contributed by atoms with Gasteiger partial charge in [0.2, 0.25) is 18.0 Å². The van der Waals surface area contributed by atoms with E-state index in [9.17, 15) is 19.7 Å². The predicted molar refractivity (Wildman–Crippen MR) is 101 cm³/mol. The van der Waals surface area contributed by atoms with Crippen molar-refractivity contribution in [3.63, 3.8) is 0 Å². The Morgan fingerprint density at radius 1 is 1.25 bits per heavy atom. The number of esters is 1. The van der Waals surface area contributed by atoms with Crippen molar-refractivity contribution in [1.29, 1.82) is 0 Å². The fraction of sp³-hybridized carbons (Fsp3) is 0.167. The first-order chi connectivity index (χ1) is 13.3. The molecule has 0 radical (unpaired) electrons. The number of hydrogen-bond acceptors (Lipinski definition) is 7. The van der Waals surface area contributed by atoms with Crippen LogP contribution in [-0.4, -0.2) is 27.7 Å². The number of non-ortho nitro benzene ring substituents is 1. The Morgan fingerprint density at radius 3 is 2.64 bits per heavy atom. The van der Waals surface area contributed by atoms with Gasteiger partial charge in [-0.3, -0.25) is 19.7 Å². The number of hydrazone groups is 1. The van der Waals surface area contributed by atoms with E-state index in [-0.39, 0.29) is 17.3 Å². The Kier molecular flexibility index (Phi) is 5.41. The number of nitrogens with zero attached hydrogens (tertiary/aromatic N) is 3. The minimum absolute atomic E-state index is 0.0456. The van der Waals surface area contributed by atoms with Gasteiger partial charge in [0.05, 0.1) is 10.5 Å². The van der Waals surface area contributed by atoms with Gasteiger partial charge in [0.25, 0.3) is 5.69 Å². The first kappa shape index (κ1) is 19.5. The molecule has 0 aromatic heterocycles. The van der Waals surface area contributed by atoms with Crippen LogP contribution in [-0.2, 0) is 14.3 Å². The molecule has 0 bridgehead atoms. The third kappa shape index (κ3) is 4.01. The molecule has 1 atom stereocenters. The molecule has 0 saturated carbocycles. The van der Waals surface area contributed by atoms with E-state index < -0.39 is 23.0 Å². The van der Waals surface area contributed by atoms with Gasteiger partial charge in [-0.2, -0.15) is 5.01 Å². The molecule has 0 saturated heterocycles. The van der Waals surface area contributed by atoms with Gasteiger partial charge in [0.1, 0.15) is 5.75 Å². The molecule has 0 N–H and O–H groups in total. The van der Waals surface area contributed by atoms with Gasteiger partial charge in [-0.25, -0.2) is 0 Å². The summed E-state index contributed by atoms with van der Waals surface area (Å²) in [7, 11) is 0. The van der Waals surface area contributed by atoms with E-state index in [2.05, 4.69) is 21.0 Å². The Bertz CT molecular complexity index is 1010. The van der Waals surface area contributed by atoms with Crippen LogP contribution in [0.25, 0.3) is 0 Å². The van der Waals surface area contributed by atoms with E-state index >= 15 is 0 Å². The lowest BCUT2D eigenvalue weighted by Gasteiger charge is -2.19. The molecule has 3 rings (SSSR count). The van der Waals surface area contributed by atoms with Gasteiger partial charge in [0.15, 0.2) is 0 Å². The third-order valence-corrected chi connectivity index (χ3v) is 4.25. The van der Waals surface area contributed by atoms with Crippen molar-refractivity contribution in [2.24, 2.45) is 5.10 Å². The first-order valence-electron chi connectivity index (χ1n) is 8.04. The zero-order valence-corrected chi connectivity index (χ0v) is 16.4. The normalized spacial score (nSPS) is 15.6. The second kappa shape index (κ2) is 7.77. The summed E-state index contributed by atoms with van der Waals surface area (Å²) in [6, 6.07) is 10.6. The quantitative estimate of drug-likeness (QED) is 0.306. The summed E-state index contributed by atoms with van der Waals surface area (Å²) in [6.45, 7) is 2.56. The molecule has 1 heterocycles. The second-order valence-electron chi connectivity index (χ2n) is 5.83. The summed E-state index contributed by atoms with van der Waals surface area (Å²) in [4.78, 5) is 34.0. The van der Waals surface area contributed by atoms with E-state index in [0.29, 0.717) is 15.6 Å². The fourth-order valence-corrected chi connectivity index (χ4v) is 2.96. The molecule has 9 nitrogen and oxygen atoms in total. The summed E-state index contributed by atoms with van der Waals surface area (Å²) in [5.74, 6) is -0.696. The monoisotopic (exact) mass is 447 g/mol. The van der Waals surface area contributed by atoms with Crippen molar-refractivity contribution < 1.29 is 24.0 Å². The number of hydrogen-bond donors (Lipinski definition) is 0. The number of ether oxygens (including phenoxy) is 2. The lowest BCUT2D eigenvalue weighted by atomic mass is 10.1. The molecule has 0 unspecified atom stereocenters. The molecular weight excluding hydrogens is 434 g/mol. The van der Waals surface area contributed by atoms with Crippen LogP contribution in [0.1, 0.15) is 31.2 Å². The standard InChI is InChI=1S/C18H14BrN3O6/c1-10(23)21-18(12-4-3-5-14(8-12)22(25)26)28-17(20-21)15-9-13(19)6-7-16(15)27-11(2)24/h3-9,18H,1-2H3/t18-/m0/s1. The zero-order chi connectivity index (χ0) is 20.4. The predicted octanol–water partition coefficient (Wildman–Crippen LogP) is 3.52. The molecule has 2 aromatic rings. The molecule has 1 aliphatic heterocycles. The molecule has 1 aliphatic rings. The van der Waals surface area contributed by atoms with Crippen LogP contribution >= 0.6 is 15.9 Å². The summed E-state index contributed by atoms with van der Waals surface area (Å²) >= 11 is 3.33. The topological polar surface area (TPSA) is 111 Å². The fourth-order valence-electron chi connectivity index (χ4n) is 2.60. The maximum Gasteiger partial charge on any atom is 0.308 e. The van der Waals surface area contributed by atoms with Crippen molar-refractivity contribution in [3.8, 4) is 5.75 Å². The van der Waals surface area contributed by atoms with E-state index in [0.717, 1.165) is 5.01 Å². The lowest BCUT2D eigenvalue weighted by Crippen LogP contribution is -2.25. The number of nitro groups is 1. The molecule has 0 aliphatic carbocycles. The van der Waals surface area contributed by atoms with Crippen molar-refractivity contribution >= 4 is 39.4 Å². The van der Waals surface area contributed by atoms with Crippen molar-refractivity contribution in [1.82, 2.24) is 5.01 Å². The van der Waals surface area contributed by atoms with Gasteiger partial charge in [-0.05, 0) is 18.2 Å². The van der Waals surface area contributed by atoms with Crippen LogP contribution in [0, 0.1) is 10.1 Å². The Labute approximate surface area is 167 Å². The minimum atomic E-state index is -0.989. The van der Waals surface area contributed by atoms with E-state index in [1.807, 2.05) is 0 Å². The molecule has 10 heteroatoms. The first-order valence-corrected chi connectivity index (χ1v) is 8.83. The zero-order valence-electron chi connectivity index (χ0n) is 14.8. The number of nitro benzene ring substituents is 1. The summed E-state index contributed by atoms with van der Waals surface area (Å²) in [5, 5.41) is 16.3. The number of benzene rings is 2. The van der Waals surface area contributed by atoms with E-state index in [4.69, 9.17) is 9.47 Å². The highest BCUT2D eigenvalue weighted by Crippen LogP contribution is 2.34. The molecular formula is C18H14BrN3O6. The number of amides is 1. The van der Waals surface area contributed by atoms with Crippen LogP contribution in [0.4, 0.5) is 5.69 Å². The van der Waals surface area contributed by atoms with Crippen LogP contribution in [0.15, 0.2) is 52.0 Å². The summed E-state index contributed by atoms with van der Waals surface area (Å²) in [6.07, 6.45) is -0.989. The average Bonchev–Trinajstić information content (AvgIpc) is 3.08. The summed E-state index contributed by atoms with van der Waals surface area (Å²) < 4.78 is 11.7. The Balaban J connectivity index is 2.02. The molecule has 2 aromatic carbocycles. The number of carbonyl (C=O) groups excluding carboxylic acids is 2. The lowest BCUT2D eigenvalue weighted by molar-refractivity contribution is -0.385. The number of carbonyl (C=O) groups is 2. The van der Waals surface area contributed by atoms with Gasteiger partial charge >= 0.3 is 5.97 Å². The Morgan fingerprint density at radius 2 is 2.00 bits per heavy atom. The molecule has 0 fully saturated rings. The number of rotatable bonds is 4. The Hall–Kier alpha value is -3.27. The largest absolute Gasteiger partial charge is 0.446 e. The molecule has 1 amide bonds. The van der Waals surface area contributed by atoms with E-state index in [1.54, 1.807) is 24.3 Å².